The van der Waals surface area contributed by atoms with Gasteiger partial charge in [-0.3, -0.25) is 0 Å². The first-order valence-corrected chi connectivity index (χ1v) is 6.45. The minimum atomic E-state index is 0.113. The summed E-state index contributed by atoms with van der Waals surface area (Å²) in [6, 6.07) is 4.01. The number of phenolic OH excluding ortho intramolecular Hbond substituents is 1. The van der Waals surface area contributed by atoms with Crippen LogP contribution < -0.4 is 4.74 Å². The first-order valence-electron chi connectivity index (χ1n) is 6.45. The van der Waals surface area contributed by atoms with Gasteiger partial charge in [-0.05, 0) is 36.8 Å². The standard InChI is InChI=1S/C15H22O2/c1-11-9-12(14(16)13(10-11)17-3)15(2)7-5-4-6-8-15/h9-10,16H,4-8H2,1-3H3. The molecule has 0 saturated heterocycles. The molecule has 1 aromatic carbocycles. The number of rotatable bonds is 2. The highest BCUT2D eigenvalue weighted by Crippen LogP contribution is 2.45. The van der Waals surface area contributed by atoms with Gasteiger partial charge in [0.25, 0.3) is 0 Å². The van der Waals surface area contributed by atoms with E-state index >= 15 is 0 Å². The van der Waals surface area contributed by atoms with E-state index in [1.807, 2.05) is 6.07 Å². The van der Waals surface area contributed by atoms with Crippen LogP contribution >= 0.6 is 0 Å². The quantitative estimate of drug-likeness (QED) is 0.840. The summed E-state index contributed by atoms with van der Waals surface area (Å²) in [5, 5.41) is 10.3. The Morgan fingerprint density at radius 1 is 1.18 bits per heavy atom. The van der Waals surface area contributed by atoms with Gasteiger partial charge in [-0.15, -0.1) is 0 Å². The zero-order chi connectivity index (χ0) is 12.5. The first-order chi connectivity index (χ1) is 8.07. The molecule has 1 N–H and O–H groups in total. The molecule has 0 heterocycles. The van der Waals surface area contributed by atoms with Gasteiger partial charge in [0.15, 0.2) is 11.5 Å². The van der Waals surface area contributed by atoms with Crippen LogP contribution in [0.25, 0.3) is 0 Å². The van der Waals surface area contributed by atoms with E-state index in [1.54, 1.807) is 7.11 Å². The molecule has 0 bridgehead atoms. The van der Waals surface area contributed by atoms with Gasteiger partial charge in [0.2, 0.25) is 0 Å². The lowest BCUT2D eigenvalue weighted by atomic mass is 9.70. The van der Waals surface area contributed by atoms with Crippen LogP contribution in [0.1, 0.15) is 50.2 Å². The first kappa shape index (κ1) is 12.3. The smallest absolute Gasteiger partial charge is 0.161 e. The summed E-state index contributed by atoms with van der Waals surface area (Å²) in [7, 11) is 1.61. The Morgan fingerprint density at radius 3 is 2.41 bits per heavy atom. The van der Waals surface area contributed by atoms with E-state index in [1.165, 1.54) is 19.3 Å². The third-order valence-corrected chi connectivity index (χ3v) is 4.05. The van der Waals surface area contributed by atoms with Crippen molar-refractivity contribution >= 4 is 0 Å². The molecule has 1 aromatic rings. The van der Waals surface area contributed by atoms with Crippen molar-refractivity contribution in [2.24, 2.45) is 0 Å². The van der Waals surface area contributed by atoms with Gasteiger partial charge in [0.1, 0.15) is 0 Å². The molecule has 0 aromatic heterocycles. The number of ether oxygens (including phenoxy) is 1. The van der Waals surface area contributed by atoms with E-state index < -0.39 is 0 Å². The van der Waals surface area contributed by atoms with Crippen LogP contribution in [0.4, 0.5) is 0 Å². The zero-order valence-electron chi connectivity index (χ0n) is 11.0. The average Bonchev–Trinajstić information content (AvgIpc) is 2.32. The fourth-order valence-electron chi connectivity index (χ4n) is 2.96. The van der Waals surface area contributed by atoms with E-state index in [2.05, 4.69) is 19.9 Å². The lowest BCUT2D eigenvalue weighted by Crippen LogP contribution is -2.25. The third kappa shape index (κ3) is 2.26. The Kier molecular flexibility index (Phi) is 3.32. The van der Waals surface area contributed by atoms with Crippen LogP contribution in [0.5, 0.6) is 11.5 Å². The van der Waals surface area contributed by atoms with E-state index in [4.69, 9.17) is 4.74 Å². The number of aromatic hydroxyl groups is 1. The van der Waals surface area contributed by atoms with Gasteiger partial charge >= 0.3 is 0 Å². The highest BCUT2D eigenvalue weighted by molar-refractivity contribution is 5.51. The highest BCUT2D eigenvalue weighted by atomic mass is 16.5. The Balaban J connectivity index is 2.46. The Hall–Kier alpha value is -1.18. The van der Waals surface area contributed by atoms with Crippen LogP contribution in [0, 0.1) is 6.92 Å². The van der Waals surface area contributed by atoms with Crippen LogP contribution in [0.3, 0.4) is 0 Å². The van der Waals surface area contributed by atoms with Gasteiger partial charge in [0, 0.05) is 5.56 Å². The number of methoxy groups -OCH3 is 1. The predicted octanol–water partition coefficient (Wildman–Crippen LogP) is 3.93. The van der Waals surface area contributed by atoms with Crippen molar-refractivity contribution in [3.8, 4) is 11.5 Å². The monoisotopic (exact) mass is 234 g/mol. The largest absolute Gasteiger partial charge is 0.504 e. The third-order valence-electron chi connectivity index (χ3n) is 4.05. The summed E-state index contributed by atoms with van der Waals surface area (Å²) in [5.41, 5.74) is 2.33. The van der Waals surface area contributed by atoms with Crippen LogP contribution in [0.2, 0.25) is 0 Å². The van der Waals surface area contributed by atoms with Crippen molar-refractivity contribution in [3.63, 3.8) is 0 Å². The maximum absolute atomic E-state index is 10.3. The second-order valence-corrected chi connectivity index (χ2v) is 5.48. The van der Waals surface area contributed by atoms with E-state index in [9.17, 15) is 5.11 Å². The molecule has 1 fully saturated rings. The van der Waals surface area contributed by atoms with Gasteiger partial charge in [-0.2, -0.15) is 0 Å². The molecule has 1 aliphatic rings. The predicted molar refractivity (Wildman–Crippen MR) is 69.8 cm³/mol. The second kappa shape index (κ2) is 4.59. The van der Waals surface area contributed by atoms with Crippen molar-refractivity contribution in [2.75, 3.05) is 7.11 Å². The van der Waals surface area contributed by atoms with E-state index in [-0.39, 0.29) is 5.41 Å². The molecule has 0 atom stereocenters. The molecule has 0 radical (unpaired) electrons. The number of hydrogen-bond donors (Lipinski definition) is 1. The molecule has 2 rings (SSSR count). The van der Waals surface area contributed by atoms with Gasteiger partial charge in [0.05, 0.1) is 7.11 Å². The summed E-state index contributed by atoms with van der Waals surface area (Å²) in [5.74, 6) is 0.939. The van der Waals surface area contributed by atoms with Crippen molar-refractivity contribution in [1.82, 2.24) is 0 Å². The van der Waals surface area contributed by atoms with Crippen molar-refractivity contribution in [1.29, 1.82) is 0 Å². The molecular weight excluding hydrogens is 212 g/mol. The summed E-state index contributed by atoms with van der Waals surface area (Å²) >= 11 is 0. The van der Waals surface area contributed by atoms with E-state index in [0.29, 0.717) is 11.5 Å². The van der Waals surface area contributed by atoms with Gasteiger partial charge < -0.3 is 9.84 Å². The fourth-order valence-corrected chi connectivity index (χ4v) is 2.96. The summed E-state index contributed by atoms with van der Waals surface area (Å²) in [4.78, 5) is 0. The van der Waals surface area contributed by atoms with Crippen LogP contribution in [-0.4, -0.2) is 12.2 Å². The number of benzene rings is 1. The maximum Gasteiger partial charge on any atom is 0.161 e. The van der Waals surface area contributed by atoms with Crippen molar-refractivity contribution in [3.05, 3.63) is 23.3 Å². The maximum atomic E-state index is 10.3. The minimum Gasteiger partial charge on any atom is -0.504 e. The fraction of sp³-hybridized carbons (Fsp3) is 0.600. The SMILES string of the molecule is COc1cc(C)cc(C2(C)CCCCC2)c1O. The summed E-state index contributed by atoms with van der Waals surface area (Å²) in [6.45, 7) is 4.32. The Bertz CT molecular complexity index is 404. The average molecular weight is 234 g/mol. The molecule has 17 heavy (non-hydrogen) atoms. The van der Waals surface area contributed by atoms with E-state index in [0.717, 1.165) is 24.0 Å². The molecule has 2 heteroatoms. The lowest BCUT2D eigenvalue weighted by molar-refractivity contribution is 0.300. The summed E-state index contributed by atoms with van der Waals surface area (Å²) in [6.07, 6.45) is 6.15. The molecule has 0 amide bonds. The molecule has 0 aliphatic heterocycles. The van der Waals surface area contributed by atoms with Crippen molar-refractivity contribution in [2.45, 2.75) is 51.4 Å². The topological polar surface area (TPSA) is 29.5 Å². The molecule has 2 nitrogen and oxygen atoms in total. The number of aryl methyl sites for hydroxylation is 1. The van der Waals surface area contributed by atoms with Gasteiger partial charge in [-0.25, -0.2) is 0 Å². The van der Waals surface area contributed by atoms with Crippen LogP contribution in [0.15, 0.2) is 12.1 Å². The molecule has 0 unspecified atom stereocenters. The molecular formula is C15H22O2. The Labute approximate surface area is 104 Å². The van der Waals surface area contributed by atoms with Gasteiger partial charge in [-0.1, -0.05) is 32.3 Å². The normalized spacial score (nSPS) is 19.0. The number of phenols is 1. The second-order valence-electron chi connectivity index (χ2n) is 5.48. The zero-order valence-corrected chi connectivity index (χ0v) is 11.0. The highest BCUT2D eigenvalue weighted by Gasteiger charge is 2.32. The molecule has 1 aliphatic carbocycles. The Morgan fingerprint density at radius 2 is 1.82 bits per heavy atom. The minimum absolute atomic E-state index is 0.113. The molecule has 94 valence electrons. The number of hydrogen-bond acceptors (Lipinski definition) is 2. The lowest BCUT2D eigenvalue weighted by Gasteiger charge is -2.35. The van der Waals surface area contributed by atoms with Crippen molar-refractivity contribution < 1.29 is 9.84 Å². The molecule has 1 saturated carbocycles. The van der Waals surface area contributed by atoms with Crippen LogP contribution in [-0.2, 0) is 5.41 Å². The summed E-state index contributed by atoms with van der Waals surface area (Å²) < 4.78 is 5.25. The molecule has 0 spiro atoms.